The van der Waals surface area contributed by atoms with E-state index in [4.69, 9.17) is 0 Å². The van der Waals surface area contributed by atoms with Crippen molar-refractivity contribution in [3.63, 3.8) is 0 Å². The van der Waals surface area contributed by atoms with Crippen LogP contribution in [0.15, 0.2) is 39.6 Å². The van der Waals surface area contributed by atoms with Gasteiger partial charge in [-0.3, -0.25) is 0 Å². The predicted octanol–water partition coefficient (Wildman–Crippen LogP) is 2.66. The molecule has 3 rings (SSSR count). The van der Waals surface area contributed by atoms with Gasteiger partial charge in [0.25, 0.3) is 0 Å². The molecule has 130 valence electrons. The molecule has 0 spiro atoms. The van der Waals surface area contributed by atoms with Crippen LogP contribution < -0.4 is 0 Å². The summed E-state index contributed by atoms with van der Waals surface area (Å²) in [5.74, 6) is -1.85. The molecule has 2 heterocycles. The van der Waals surface area contributed by atoms with Gasteiger partial charge >= 0.3 is 12.1 Å². The molecule has 0 saturated carbocycles. The van der Waals surface area contributed by atoms with Crippen molar-refractivity contribution < 1.29 is 26.0 Å². The van der Waals surface area contributed by atoms with Crippen molar-refractivity contribution in [1.82, 2.24) is 14.5 Å². The predicted molar refractivity (Wildman–Crippen MR) is 76.5 cm³/mol. The van der Waals surface area contributed by atoms with Crippen molar-refractivity contribution >= 4 is 10.0 Å². The fraction of sp³-hybridized carbons (Fsp3) is 0.429. The van der Waals surface area contributed by atoms with Crippen molar-refractivity contribution in [1.29, 1.82) is 0 Å². The van der Waals surface area contributed by atoms with Gasteiger partial charge in [-0.25, -0.2) is 8.42 Å². The maximum Gasteiger partial charge on any atom is 0.470 e. The van der Waals surface area contributed by atoms with E-state index >= 15 is 0 Å². The van der Waals surface area contributed by atoms with Gasteiger partial charge in [-0.05, 0) is 25.0 Å². The SMILES string of the molecule is O=S(=O)(c1ccccc1)N1CCC(c2nnc(C(F)(F)F)o2)CC1. The number of hydrogen-bond donors (Lipinski definition) is 0. The van der Waals surface area contributed by atoms with Crippen LogP contribution in [0.1, 0.15) is 30.5 Å². The number of halogens is 3. The van der Waals surface area contributed by atoms with E-state index in [1.165, 1.54) is 16.4 Å². The number of sulfonamides is 1. The first-order valence-corrected chi connectivity index (χ1v) is 8.68. The summed E-state index contributed by atoms with van der Waals surface area (Å²) >= 11 is 0. The summed E-state index contributed by atoms with van der Waals surface area (Å²) in [6.45, 7) is 0.372. The molecule has 2 aromatic rings. The first kappa shape index (κ1) is 16.9. The van der Waals surface area contributed by atoms with E-state index in [2.05, 4.69) is 14.6 Å². The normalized spacial score (nSPS) is 18.0. The summed E-state index contributed by atoms with van der Waals surface area (Å²) in [6, 6.07) is 8.01. The highest BCUT2D eigenvalue weighted by molar-refractivity contribution is 7.89. The Balaban J connectivity index is 1.69. The van der Waals surface area contributed by atoms with Gasteiger partial charge in [-0.2, -0.15) is 17.5 Å². The van der Waals surface area contributed by atoms with E-state index in [1.54, 1.807) is 18.2 Å². The third-order valence-corrected chi connectivity index (χ3v) is 5.78. The molecule has 1 aromatic carbocycles. The van der Waals surface area contributed by atoms with Gasteiger partial charge in [0.15, 0.2) is 0 Å². The zero-order valence-corrected chi connectivity index (χ0v) is 13.2. The average Bonchev–Trinajstić information content (AvgIpc) is 3.06. The molecule has 0 atom stereocenters. The molecule has 1 aliphatic heterocycles. The Morgan fingerprint density at radius 2 is 1.71 bits per heavy atom. The monoisotopic (exact) mass is 361 g/mol. The van der Waals surface area contributed by atoms with Crippen LogP contribution in [0.2, 0.25) is 0 Å². The second-order valence-corrected chi connectivity index (χ2v) is 7.37. The average molecular weight is 361 g/mol. The summed E-state index contributed by atoms with van der Waals surface area (Å²) in [7, 11) is -3.60. The number of rotatable bonds is 3. The van der Waals surface area contributed by atoms with Gasteiger partial charge < -0.3 is 4.42 Å². The van der Waals surface area contributed by atoms with Crippen LogP contribution in [0.5, 0.6) is 0 Å². The molecular weight excluding hydrogens is 347 g/mol. The van der Waals surface area contributed by atoms with Crippen molar-refractivity contribution in [2.24, 2.45) is 0 Å². The standard InChI is InChI=1S/C14H14F3N3O3S/c15-14(16,17)13-19-18-12(23-13)10-6-8-20(9-7-10)24(21,22)11-4-2-1-3-5-11/h1-5,10H,6-9H2. The minimum absolute atomic E-state index is 0.0981. The number of alkyl halides is 3. The Labute approximate surface area is 136 Å². The fourth-order valence-electron chi connectivity index (χ4n) is 2.60. The molecule has 0 aliphatic carbocycles. The molecule has 6 nitrogen and oxygen atoms in total. The molecule has 0 radical (unpaired) electrons. The quantitative estimate of drug-likeness (QED) is 0.840. The Kier molecular flexibility index (Phi) is 4.35. The van der Waals surface area contributed by atoms with Gasteiger partial charge in [0.1, 0.15) is 0 Å². The maximum absolute atomic E-state index is 12.5. The molecule has 0 bridgehead atoms. The number of piperidine rings is 1. The van der Waals surface area contributed by atoms with Crippen molar-refractivity contribution in [3.8, 4) is 0 Å². The van der Waals surface area contributed by atoms with Crippen LogP contribution in [0.3, 0.4) is 0 Å². The lowest BCUT2D eigenvalue weighted by molar-refractivity contribution is -0.157. The van der Waals surface area contributed by atoms with Gasteiger partial charge in [0.2, 0.25) is 15.9 Å². The second-order valence-electron chi connectivity index (χ2n) is 5.43. The first-order valence-electron chi connectivity index (χ1n) is 7.24. The van der Waals surface area contributed by atoms with E-state index in [-0.39, 0.29) is 29.8 Å². The zero-order chi connectivity index (χ0) is 17.4. The molecule has 1 saturated heterocycles. The molecule has 1 fully saturated rings. The minimum Gasteiger partial charge on any atom is -0.417 e. The van der Waals surface area contributed by atoms with E-state index in [1.807, 2.05) is 0 Å². The molecule has 24 heavy (non-hydrogen) atoms. The summed E-state index contributed by atoms with van der Waals surface area (Å²) in [5, 5.41) is 6.45. The Morgan fingerprint density at radius 3 is 2.25 bits per heavy atom. The lowest BCUT2D eigenvalue weighted by atomic mass is 9.98. The molecule has 0 amide bonds. The summed E-state index contributed by atoms with van der Waals surface area (Å²) in [6.07, 6.45) is -4.03. The van der Waals surface area contributed by atoms with Crippen molar-refractivity contribution in [2.45, 2.75) is 29.8 Å². The van der Waals surface area contributed by atoms with Crippen LogP contribution in [0.4, 0.5) is 13.2 Å². The Morgan fingerprint density at radius 1 is 1.08 bits per heavy atom. The molecule has 10 heteroatoms. The van der Waals surface area contributed by atoms with E-state index < -0.39 is 22.1 Å². The number of benzene rings is 1. The number of hydrogen-bond acceptors (Lipinski definition) is 5. The molecule has 0 N–H and O–H groups in total. The third kappa shape index (κ3) is 3.29. The highest BCUT2D eigenvalue weighted by Gasteiger charge is 2.39. The Hall–Kier alpha value is -1.94. The van der Waals surface area contributed by atoms with Crippen LogP contribution >= 0.6 is 0 Å². The first-order chi connectivity index (χ1) is 11.3. The molecule has 1 aliphatic rings. The molecule has 0 unspecified atom stereocenters. The smallest absolute Gasteiger partial charge is 0.417 e. The van der Waals surface area contributed by atoms with Crippen molar-refractivity contribution in [2.75, 3.05) is 13.1 Å². The largest absolute Gasteiger partial charge is 0.470 e. The summed E-state index contributed by atoms with van der Waals surface area (Å²) in [4.78, 5) is 0.195. The summed E-state index contributed by atoms with van der Waals surface area (Å²) < 4.78 is 68.5. The maximum atomic E-state index is 12.5. The fourth-order valence-corrected chi connectivity index (χ4v) is 4.09. The topological polar surface area (TPSA) is 76.3 Å². The van der Waals surface area contributed by atoms with Crippen LogP contribution in [-0.2, 0) is 16.2 Å². The highest BCUT2D eigenvalue weighted by atomic mass is 32.2. The second kappa shape index (κ2) is 6.17. The highest BCUT2D eigenvalue weighted by Crippen LogP contribution is 2.33. The Bertz CT molecular complexity index is 797. The zero-order valence-electron chi connectivity index (χ0n) is 12.4. The lowest BCUT2D eigenvalue weighted by Gasteiger charge is -2.29. The summed E-state index contributed by atoms with van der Waals surface area (Å²) in [5.41, 5.74) is 0. The van der Waals surface area contributed by atoms with Gasteiger partial charge in [0.05, 0.1) is 4.90 Å². The van der Waals surface area contributed by atoms with E-state index in [9.17, 15) is 21.6 Å². The third-order valence-electron chi connectivity index (χ3n) is 3.87. The number of aromatic nitrogens is 2. The molecule has 1 aromatic heterocycles. The van der Waals surface area contributed by atoms with Gasteiger partial charge in [-0.15, -0.1) is 10.2 Å². The van der Waals surface area contributed by atoms with E-state index in [0.717, 1.165) is 0 Å². The minimum atomic E-state index is -4.68. The van der Waals surface area contributed by atoms with Crippen LogP contribution in [0, 0.1) is 0 Å². The van der Waals surface area contributed by atoms with Gasteiger partial charge in [0, 0.05) is 19.0 Å². The van der Waals surface area contributed by atoms with Gasteiger partial charge in [-0.1, -0.05) is 18.2 Å². The van der Waals surface area contributed by atoms with E-state index in [0.29, 0.717) is 12.8 Å². The lowest BCUT2D eigenvalue weighted by Crippen LogP contribution is -2.37. The van der Waals surface area contributed by atoms with Crippen LogP contribution in [-0.4, -0.2) is 36.0 Å². The number of nitrogens with zero attached hydrogens (tertiary/aromatic N) is 3. The van der Waals surface area contributed by atoms with Crippen LogP contribution in [0.25, 0.3) is 0 Å². The van der Waals surface area contributed by atoms with Crippen molar-refractivity contribution in [3.05, 3.63) is 42.1 Å². The molecular formula is C14H14F3N3O3S.